The van der Waals surface area contributed by atoms with Crippen LogP contribution in [-0.2, 0) is 13.1 Å². The van der Waals surface area contributed by atoms with Crippen molar-refractivity contribution in [1.82, 2.24) is 24.3 Å². The lowest BCUT2D eigenvalue weighted by atomic mass is 9.99. The molecule has 1 fully saturated rings. The third-order valence-electron chi connectivity index (χ3n) is 7.59. The van der Waals surface area contributed by atoms with Gasteiger partial charge in [-0.25, -0.2) is 4.79 Å². The summed E-state index contributed by atoms with van der Waals surface area (Å²) < 4.78 is 1.37. The number of likely N-dealkylation sites (N-methyl/N-ethyl adjacent to an activating group) is 1. The molecule has 0 bridgehead atoms. The first kappa shape index (κ1) is 24.7. The number of hydrogen-bond acceptors (Lipinski definition) is 5. The van der Waals surface area contributed by atoms with E-state index < -0.39 is 0 Å². The van der Waals surface area contributed by atoms with Crippen molar-refractivity contribution in [3.8, 4) is 0 Å². The quantitative estimate of drug-likeness (QED) is 0.495. The molecule has 5 rings (SSSR count). The molecular formula is C29H37N5O2. The van der Waals surface area contributed by atoms with Gasteiger partial charge in [0.15, 0.2) is 0 Å². The Bertz CT molecular complexity index is 1320. The number of nitrogens with zero attached hydrogens (tertiary/aromatic N) is 4. The summed E-state index contributed by atoms with van der Waals surface area (Å²) in [6, 6.07) is 16.5. The van der Waals surface area contributed by atoms with Gasteiger partial charge in [-0.2, -0.15) is 0 Å². The highest BCUT2D eigenvalue weighted by Gasteiger charge is 2.16. The first-order valence-electron chi connectivity index (χ1n) is 13.2. The van der Waals surface area contributed by atoms with Crippen LogP contribution in [0.5, 0.6) is 0 Å². The maximum Gasteiger partial charge on any atom is 0.328 e. The van der Waals surface area contributed by atoms with Gasteiger partial charge in [0.2, 0.25) is 0 Å². The van der Waals surface area contributed by atoms with Crippen molar-refractivity contribution in [2.24, 2.45) is 0 Å². The van der Waals surface area contributed by atoms with Gasteiger partial charge in [0.05, 0.1) is 10.9 Å². The fraction of sp³-hybridized carbons (Fsp3) is 0.448. The Kier molecular flexibility index (Phi) is 7.80. The molecule has 7 nitrogen and oxygen atoms in total. The second-order valence-electron chi connectivity index (χ2n) is 10.2. The summed E-state index contributed by atoms with van der Waals surface area (Å²) >= 11 is 0. The highest BCUT2D eigenvalue weighted by molar-refractivity contribution is 5.78. The van der Waals surface area contributed by atoms with Gasteiger partial charge in [-0.05, 0) is 61.7 Å². The summed E-state index contributed by atoms with van der Waals surface area (Å²) in [5.74, 6) is 0. The zero-order valence-electron chi connectivity index (χ0n) is 21.3. The van der Waals surface area contributed by atoms with Crippen LogP contribution in [0.25, 0.3) is 16.5 Å². The van der Waals surface area contributed by atoms with Gasteiger partial charge in [0.1, 0.15) is 0 Å². The van der Waals surface area contributed by atoms with E-state index in [4.69, 9.17) is 0 Å². The summed E-state index contributed by atoms with van der Waals surface area (Å²) in [6.45, 7) is 8.48. The largest absolute Gasteiger partial charge is 0.328 e. The average Bonchev–Trinajstić information content (AvgIpc) is 2.90. The van der Waals surface area contributed by atoms with Gasteiger partial charge in [0.25, 0.3) is 5.56 Å². The Labute approximate surface area is 212 Å². The van der Waals surface area contributed by atoms with E-state index in [0.29, 0.717) is 17.4 Å². The van der Waals surface area contributed by atoms with Crippen LogP contribution in [0.15, 0.2) is 64.2 Å². The SMILES string of the molecule is CN1CCN(Cc2ccc3c(=O)n(CCCCN4CC=C(c5ccccc5)CC4)c(=O)[nH]c3c2)CC1. The van der Waals surface area contributed by atoms with E-state index in [9.17, 15) is 9.59 Å². The normalized spacial score (nSPS) is 18.0. The highest BCUT2D eigenvalue weighted by atomic mass is 16.2. The lowest BCUT2D eigenvalue weighted by Crippen LogP contribution is -2.43. The molecule has 0 saturated carbocycles. The van der Waals surface area contributed by atoms with Crippen LogP contribution < -0.4 is 11.2 Å². The fourth-order valence-corrected chi connectivity index (χ4v) is 5.30. The molecule has 0 unspecified atom stereocenters. The van der Waals surface area contributed by atoms with Crippen LogP contribution in [0.3, 0.4) is 0 Å². The minimum absolute atomic E-state index is 0.187. The zero-order valence-corrected chi connectivity index (χ0v) is 21.3. The van der Waals surface area contributed by atoms with Gasteiger partial charge in [-0.3, -0.25) is 19.2 Å². The van der Waals surface area contributed by atoms with E-state index >= 15 is 0 Å². The van der Waals surface area contributed by atoms with Crippen molar-refractivity contribution < 1.29 is 0 Å². The smallest absolute Gasteiger partial charge is 0.307 e. The number of aromatic nitrogens is 2. The Hall–Kier alpha value is -3.00. The van der Waals surface area contributed by atoms with E-state index in [2.05, 4.69) is 63.1 Å². The van der Waals surface area contributed by atoms with Crippen LogP contribution >= 0.6 is 0 Å². The average molecular weight is 488 g/mol. The standard InChI is InChI=1S/C29H37N5O2/c1-31-17-19-33(20-18-31)22-23-9-10-26-27(21-23)30-29(36)34(28(26)35)14-6-5-13-32-15-11-25(12-16-32)24-7-3-2-4-8-24/h2-4,7-11,21H,5-6,12-20,22H2,1H3,(H,30,36). The molecular weight excluding hydrogens is 450 g/mol. The lowest BCUT2D eigenvalue weighted by molar-refractivity contribution is 0.148. The van der Waals surface area contributed by atoms with Crippen LogP contribution in [0.2, 0.25) is 0 Å². The topological polar surface area (TPSA) is 64.6 Å². The minimum atomic E-state index is -0.308. The van der Waals surface area contributed by atoms with E-state index in [0.717, 1.165) is 77.2 Å². The van der Waals surface area contributed by atoms with Gasteiger partial charge in [-0.15, -0.1) is 0 Å². The number of benzene rings is 2. The maximum absolute atomic E-state index is 13.1. The monoisotopic (exact) mass is 487 g/mol. The van der Waals surface area contributed by atoms with Crippen LogP contribution in [0, 0.1) is 0 Å². The molecule has 3 aromatic rings. The molecule has 2 aromatic carbocycles. The van der Waals surface area contributed by atoms with Crippen LogP contribution in [0.4, 0.5) is 0 Å². The summed E-state index contributed by atoms with van der Waals surface area (Å²) in [4.78, 5) is 36.0. The molecule has 3 heterocycles. The van der Waals surface area contributed by atoms with Gasteiger partial charge in [-0.1, -0.05) is 42.5 Å². The number of rotatable bonds is 8. The molecule has 7 heteroatoms. The van der Waals surface area contributed by atoms with Crippen LogP contribution in [-0.4, -0.2) is 77.1 Å². The molecule has 190 valence electrons. The predicted octanol–water partition coefficient (Wildman–Crippen LogP) is 3.01. The number of H-pyrrole nitrogens is 1. The molecule has 1 aromatic heterocycles. The summed E-state index contributed by atoms with van der Waals surface area (Å²) in [7, 11) is 2.15. The van der Waals surface area contributed by atoms with Gasteiger partial charge >= 0.3 is 5.69 Å². The number of piperazine rings is 1. The lowest BCUT2D eigenvalue weighted by Gasteiger charge is -2.32. The van der Waals surface area contributed by atoms with Crippen molar-refractivity contribution >= 4 is 16.5 Å². The number of aromatic amines is 1. The molecule has 0 spiro atoms. The van der Waals surface area contributed by atoms with Crippen molar-refractivity contribution in [3.63, 3.8) is 0 Å². The molecule has 2 aliphatic heterocycles. The molecule has 36 heavy (non-hydrogen) atoms. The third-order valence-corrected chi connectivity index (χ3v) is 7.59. The number of nitrogens with one attached hydrogen (secondary N) is 1. The van der Waals surface area contributed by atoms with Crippen molar-refractivity contribution in [2.75, 3.05) is 52.9 Å². The van der Waals surface area contributed by atoms with Gasteiger partial charge in [0, 0.05) is 52.4 Å². The second-order valence-corrected chi connectivity index (χ2v) is 10.2. The summed E-state index contributed by atoms with van der Waals surface area (Å²) in [6.07, 6.45) is 5.16. The molecule has 0 aliphatic carbocycles. The highest BCUT2D eigenvalue weighted by Crippen LogP contribution is 2.22. The number of fused-ring (bicyclic) bond motifs is 1. The van der Waals surface area contributed by atoms with Gasteiger partial charge < -0.3 is 9.88 Å². The maximum atomic E-state index is 13.1. The second kappa shape index (κ2) is 11.4. The fourth-order valence-electron chi connectivity index (χ4n) is 5.30. The Morgan fingerprint density at radius 1 is 0.861 bits per heavy atom. The molecule has 2 aliphatic rings. The van der Waals surface area contributed by atoms with Crippen molar-refractivity contribution in [1.29, 1.82) is 0 Å². The number of unbranched alkanes of at least 4 members (excludes halogenated alkanes) is 1. The zero-order chi connectivity index (χ0) is 24.9. The predicted molar refractivity (Wildman–Crippen MR) is 146 cm³/mol. The molecule has 1 saturated heterocycles. The molecule has 0 amide bonds. The molecule has 0 radical (unpaired) electrons. The van der Waals surface area contributed by atoms with Crippen LogP contribution in [0.1, 0.15) is 30.4 Å². The van der Waals surface area contributed by atoms with E-state index in [1.165, 1.54) is 15.7 Å². The molecule has 1 N–H and O–H groups in total. The minimum Gasteiger partial charge on any atom is -0.307 e. The summed E-state index contributed by atoms with van der Waals surface area (Å²) in [5, 5.41) is 0.589. The third kappa shape index (κ3) is 5.86. The van der Waals surface area contributed by atoms with E-state index in [1.807, 2.05) is 18.2 Å². The summed E-state index contributed by atoms with van der Waals surface area (Å²) in [5.41, 5.74) is 4.02. The molecule has 0 atom stereocenters. The van der Waals surface area contributed by atoms with Crippen molar-refractivity contribution in [2.45, 2.75) is 32.4 Å². The Morgan fingerprint density at radius 2 is 1.64 bits per heavy atom. The Morgan fingerprint density at radius 3 is 2.39 bits per heavy atom. The first-order chi connectivity index (χ1) is 17.6. The Balaban J connectivity index is 1.15. The van der Waals surface area contributed by atoms with E-state index in [1.54, 1.807) is 0 Å². The van der Waals surface area contributed by atoms with Crippen molar-refractivity contribution in [3.05, 3.63) is 86.6 Å². The first-order valence-corrected chi connectivity index (χ1v) is 13.2. The van der Waals surface area contributed by atoms with E-state index in [-0.39, 0.29) is 11.2 Å². The number of hydrogen-bond donors (Lipinski definition) is 1.